The van der Waals surface area contributed by atoms with Crippen molar-refractivity contribution in [1.82, 2.24) is 9.88 Å². The lowest BCUT2D eigenvalue weighted by molar-refractivity contribution is 0.0651. The Hall–Kier alpha value is -2.43. The van der Waals surface area contributed by atoms with Crippen molar-refractivity contribution in [3.63, 3.8) is 0 Å². The number of pyridine rings is 1. The van der Waals surface area contributed by atoms with Crippen LogP contribution in [0.25, 0.3) is 10.9 Å². The van der Waals surface area contributed by atoms with E-state index in [0.29, 0.717) is 6.42 Å². The quantitative estimate of drug-likeness (QED) is 0.606. The van der Waals surface area contributed by atoms with Gasteiger partial charge in [0.15, 0.2) is 11.6 Å². The average Bonchev–Trinajstić information content (AvgIpc) is 3.41. The lowest BCUT2D eigenvalue weighted by atomic mass is 10.0. The second kappa shape index (κ2) is 8.01. The van der Waals surface area contributed by atoms with E-state index < -0.39 is 34.6 Å². The molecule has 1 atom stereocenters. The molecule has 0 spiro atoms. The highest BCUT2D eigenvalue weighted by Crippen LogP contribution is 2.41. The first-order valence-electron chi connectivity index (χ1n) is 9.33. The summed E-state index contributed by atoms with van der Waals surface area (Å²) < 4.78 is 36.4. The molecule has 0 radical (unpaired) electrons. The van der Waals surface area contributed by atoms with Gasteiger partial charge in [-0.2, -0.15) is 0 Å². The maximum atomic E-state index is 15.5. The van der Waals surface area contributed by atoms with Crippen molar-refractivity contribution in [2.24, 2.45) is 0 Å². The van der Waals surface area contributed by atoms with Crippen LogP contribution in [0.5, 0.6) is 5.75 Å². The summed E-state index contributed by atoms with van der Waals surface area (Å²) >= 11 is 0. The number of rotatable bonds is 5. The van der Waals surface area contributed by atoms with Gasteiger partial charge in [-0.05, 0) is 32.4 Å². The van der Waals surface area contributed by atoms with Gasteiger partial charge in [-0.15, -0.1) is 12.4 Å². The largest absolute Gasteiger partial charge is 0.511 e. The van der Waals surface area contributed by atoms with E-state index in [1.54, 1.807) is 7.05 Å². The highest BCUT2D eigenvalue weighted by Gasteiger charge is 2.38. The first kappa shape index (κ1) is 22.3. The summed E-state index contributed by atoms with van der Waals surface area (Å²) in [4.78, 5) is 24.9. The zero-order valence-electron chi connectivity index (χ0n) is 16.2. The minimum Gasteiger partial charge on any atom is -0.449 e. The number of β-amino-alcohol motifs (C(OH)–C–C–N with tert-alkyl or cyclic N) is 1. The van der Waals surface area contributed by atoms with Crippen LogP contribution in [0.3, 0.4) is 0 Å². The molecule has 1 saturated heterocycles. The summed E-state index contributed by atoms with van der Waals surface area (Å²) in [5.74, 6) is -2.34. The van der Waals surface area contributed by atoms with Gasteiger partial charge in [-0.25, -0.2) is 13.6 Å². The molecule has 1 aromatic heterocycles. The van der Waals surface area contributed by atoms with E-state index in [-0.39, 0.29) is 54.7 Å². The topological polar surface area (TPSA) is 104 Å². The number of nitrogens with zero attached hydrogens (tertiary/aromatic N) is 2. The van der Waals surface area contributed by atoms with Gasteiger partial charge in [0.25, 0.3) is 0 Å². The Morgan fingerprint density at radius 1 is 1.40 bits per heavy atom. The molecule has 1 saturated carbocycles. The molecule has 3 N–H and O–H groups in total. The summed E-state index contributed by atoms with van der Waals surface area (Å²) in [6, 6.07) is 0.793. The van der Waals surface area contributed by atoms with Crippen LogP contribution in [-0.4, -0.2) is 53.2 Å². The summed E-state index contributed by atoms with van der Waals surface area (Å²) in [5.41, 5.74) is -2.39. The molecule has 2 fully saturated rings. The maximum absolute atomic E-state index is 15.5. The number of hydrogen-bond donors (Lipinski definition) is 3. The van der Waals surface area contributed by atoms with Crippen LogP contribution < -0.4 is 20.4 Å². The van der Waals surface area contributed by atoms with Gasteiger partial charge >= 0.3 is 6.16 Å². The van der Waals surface area contributed by atoms with Gasteiger partial charge in [-0.3, -0.25) is 4.79 Å². The van der Waals surface area contributed by atoms with Gasteiger partial charge in [0.1, 0.15) is 11.5 Å². The zero-order chi connectivity index (χ0) is 20.9. The molecule has 1 aromatic carbocycles. The summed E-state index contributed by atoms with van der Waals surface area (Å²) in [6.45, 7) is 0.579. The predicted octanol–water partition coefficient (Wildman–Crippen LogP) is 2.25. The van der Waals surface area contributed by atoms with Gasteiger partial charge in [0.05, 0.1) is 22.7 Å². The fourth-order valence-electron chi connectivity index (χ4n) is 4.02. The summed E-state index contributed by atoms with van der Waals surface area (Å²) in [6.07, 6.45) is 1.28. The molecule has 11 heteroatoms. The van der Waals surface area contributed by atoms with Gasteiger partial charge in [0, 0.05) is 25.7 Å². The molecule has 1 aliphatic heterocycles. The van der Waals surface area contributed by atoms with Crippen LogP contribution >= 0.6 is 12.4 Å². The normalized spacial score (nSPS) is 21.0. The fraction of sp³-hybridized carbons (Fsp3) is 0.474. The molecule has 164 valence electrons. The number of carbonyl (C=O) groups is 1. The Balaban J connectivity index is 0.00000256. The highest BCUT2D eigenvalue weighted by molar-refractivity contribution is 5.86. The van der Waals surface area contributed by atoms with E-state index >= 15 is 4.39 Å². The Kier molecular flexibility index (Phi) is 5.94. The molecule has 8 nitrogen and oxygen atoms in total. The summed E-state index contributed by atoms with van der Waals surface area (Å²) in [7, 11) is 1.68. The first-order valence-corrected chi connectivity index (χ1v) is 9.33. The van der Waals surface area contributed by atoms with E-state index in [9.17, 15) is 19.1 Å². The van der Waals surface area contributed by atoms with Crippen LogP contribution in [0.2, 0.25) is 0 Å². The van der Waals surface area contributed by atoms with Crippen LogP contribution in [0, 0.1) is 11.6 Å². The Morgan fingerprint density at radius 3 is 2.70 bits per heavy atom. The molecule has 0 amide bonds. The van der Waals surface area contributed by atoms with Gasteiger partial charge in [-0.1, -0.05) is 0 Å². The second-order valence-electron chi connectivity index (χ2n) is 7.67. The smallest absolute Gasteiger partial charge is 0.449 e. The van der Waals surface area contributed by atoms with Crippen LogP contribution in [0.4, 0.5) is 19.3 Å². The third-order valence-corrected chi connectivity index (χ3v) is 5.44. The van der Waals surface area contributed by atoms with E-state index in [1.807, 2.05) is 0 Å². The zero-order valence-corrected chi connectivity index (χ0v) is 17.0. The van der Waals surface area contributed by atoms with E-state index in [1.165, 1.54) is 15.7 Å². The van der Waals surface area contributed by atoms with Crippen molar-refractivity contribution >= 4 is 35.2 Å². The average molecular weight is 446 g/mol. The van der Waals surface area contributed by atoms with Crippen LogP contribution in [0.15, 0.2) is 17.1 Å². The van der Waals surface area contributed by atoms with Crippen molar-refractivity contribution in [2.45, 2.75) is 30.9 Å². The van der Waals surface area contributed by atoms with Crippen molar-refractivity contribution in [1.29, 1.82) is 0 Å². The minimum absolute atomic E-state index is 0. The molecule has 30 heavy (non-hydrogen) atoms. The lowest BCUT2D eigenvalue weighted by Gasteiger charge is -2.25. The lowest BCUT2D eigenvalue weighted by Crippen LogP contribution is -2.42. The molecule has 4 rings (SSSR count). The Bertz CT molecular complexity index is 1060. The number of halogens is 3. The molecule has 2 heterocycles. The number of aromatic nitrogens is 1. The standard InChI is InChI=1S/C19H21F2N3O5.ClH/c1-22-8-19(28)4-5-23(9-19)16-12(20)6-11-15(14(16)21)24(10-2-3-10)7-13(17(11)25)29-18(26)27;/h6-7,10,22,28H,2-5,8-9H2,1H3,(H,26,27);1H. The number of anilines is 1. The number of fused-ring (bicyclic) bond motifs is 1. The predicted molar refractivity (Wildman–Crippen MR) is 108 cm³/mol. The number of ether oxygens (including phenoxy) is 1. The summed E-state index contributed by atoms with van der Waals surface area (Å²) in [5, 5.41) is 22.0. The highest BCUT2D eigenvalue weighted by atomic mass is 35.5. The van der Waals surface area contributed by atoms with Crippen LogP contribution in [-0.2, 0) is 0 Å². The van der Waals surface area contributed by atoms with Gasteiger partial charge < -0.3 is 29.7 Å². The van der Waals surface area contributed by atoms with Gasteiger partial charge in [0.2, 0.25) is 5.43 Å². The molecular formula is C19H22ClF2N3O5. The third kappa shape index (κ3) is 3.82. The van der Waals surface area contributed by atoms with Crippen molar-refractivity contribution in [2.75, 3.05) is 31.6 Å². The van der Waals surface area contributed by atoms with E-state index in [0.717, 1.165) is 18.9 Å². The van der Waals surface area contributed by atoms with Crippen molar-refractivity contribution in [3.8, 4) is 5.75 Å². The number of aliphatic hydroxyl groups is 1. The monoisotopic (exact) mass is 445 g/mol. The molecule has 0 bridgehead atoms. The molecule has 1 unspecified atom stereocenters. The second-order valence-corrected chi connectivity index (χ2v) is 7.67. The SMILES string of the molecule is CNCC1(O)CCN(c2c(F)cc3c(=O)c(OC(=O)O)cn(C4CC4)c3c2F)C1.Cl. The molecule has 2 aromatic rings. The maximum Gasteiger partial charge on any atom is 0.511 e. The Labute approximate surface area is 176 Å². The minimum atomic E-state index is -1.68. The van der Waals surface area contributed by atoms with E-state index in [2.05, 4.69) is 10.1 Å². The first-order chi connectivity index (χ1) is 13.7. The fourth-order valence-corrected chi connectivity index (χ4v) is 4.02. The Morgan fingerprint density at radius 2 is 2.10 bits per heavy atom. The number of carboxylic acid groups (broad SMARTS) is 1. The number of benzene rings is 1. The molecule has 1 aliphatic carbocycles. The van der Waals surface area contributed by atoms with Crippen LogP contribution in [0.1, 0.15) is 25.3 Å². The third-order valence-electron chi connectivity index (χ3n) is 5.44. The molecule has 2 aliphatic rings. The number of hydrogen-bond acceptors (Lipinski definition) is 6. The van der Waals surface area contributed by atoms with E-state index in [4.69, 9.17) is 5.11 Å². The molecular weight excluding hydrogens is 424 g/mol. The number of nitrogens with one attached hydrogen (secondary N) is 1. The van der Waals surface area contributed by atoms with Crippen molar-refractivity contribution < 1.29 is 28.5 Å². The number of likely N-dealkylation sites (N-methyl/N-ethyl adjacent to an activating group) is 1. The van der Waals surface area contributed by atoms with Crippen molar-refractivity contribution in [3.05, 3.63) is 34.1 Å².